The molecule has 3 aromatic carbocycles. The number of amides is 1. The van der Waals surface area contributed by atoms with Gasteiger partial charge < -0.3 is 33.7 Å². The van der Waals surface area contributed by atoms with E-state index in [-0.39, 0.29) is 18.4 Å². The number of hydrogen-bond acceptors (Lipinski definition) is 7. The predicted molar refractivity (Wildman–Crippen MR) is 134 cm³/mol. The zero-order chi connectivity index (χ0) is 25.2. The molecule has 0 aliphatic carbocycles. The van der Waals surface area contributed by atoms with Gasteiger partial charge in [-0.3, -0.25) is 4.79 Å². The number of aromatic hydroxyl groups is 1. The molecule has 2 heterocycles. The molecular weight excluding hydrogens is 462 g/mol. The highest BCUT2D eigenvalue weighted by molar-refractivity contribution is 5.92. The highest BCUT2D eigenvalue weighted by atomic mass is 16.7. The van der Waals surface area contributed by atoms with Crippen molar-refractivity contribution in [2.24, 2.45) is 0 Å². The Hall–Kier alpha value is -4.33. The van der Waals surface area contributed by atoms with Gasteiger partial charge in [0.15, 0.2) is 23.0 Å². The number of phenols is 1. The van der Waals surface area contributed by atoms with E-state index in [1.807, 2.05) is 23.1 Å². The van der Waals surface area contributed by atoms with Crippen LogP contribution in [0.1, 0.15) is 16.7 Å². The zero-order valence-electron chi connectivity index (χ0n) is 20.4. The molecule has 5 rings (SSSR count). The van der Waals surface area contributed by atoms with Gasteiger partial charge in [-0.05, 0) is 65.1 Å². The van der Waals surface area contributed by atoms with Gasteiger partial charge in [0.2, 0.25) is 18.4 Å². The van der Waals surface area contributed by atoms with E-state index in [9.17, 15) is 9.90 Å². The van der Waals surface area contributed by atoms with Crippen molar-refractivity contribution < 1.29 is 33.6 Å². The molecule has 0 aromatic heterocycles. The van der Waals surface area contributed by atoms with E-state index >= 15 is 0 Å². The molecule has 186 valence electrons. The lowest BCUT2D eigenvalue weighted by atomic mass is 9.89. The van der Waals surface area contributed by atoms with Crippen LogP contribution in [-0.2, 0) is 17.8 Å². The van der Waals surface area contributed by atoms with Crippen LogP contribution in [-0.4, -0.2) is 50.6 Å². The van der Waals surface area contributed by atoms with Crippen LogP contribution < -0.4 is 23.7 Å². The molecule has 2 aliphatic rings. The highest BCUT2D eigenvalue weighted by Gasteiger charge is 2.30. The molecule has 0 radical (unpaired) electrons. The summed E-state index contributed by atoms with van der Waals surface area (Å²) in [6.07, 6.45) is 3.99. The van der Waals surface area contributed by atoms with Crippen molar-refractivity contribution >= 4 is 12.0 Å². The van der Waals surface area contributed by atoms with Crippen molar-refractivity contribution in [2.75, 3.05) is 34.7 Å². The van der Waals surface area contributed by atoms with Gasteiger partial charge in [0, 0.05) is 24.7 Å². The van der Waals surface area contributed by atoms with Gasteiger partial charge in [-0.1, -0.05) is 12.1 Å². The Morgan fingerprint density at radius 2 is 1.72 bits per heavy atom. The fraction of sp³-hybridized carbons (Fsp3) is 0.250. The molecule has 0 saturated heterocycles. The summed E-state index contributed by atoms with van der Waals surface area (Å²) < 4.78 is 28.3. The summed E-state index contributed by atoms with van der Waals surface area (Å²) in [5.41, 5.74) is 4.59. The Bertz CT molecular complexity index is 1310. The summed E-state index contributed by atoms with van der Waals surface area (Å²) in [7, 11) is 4.72. The topological polar surface area (TPSA) is 86.7 Å². The normalized spacial score (nSPS) is 14.0. The second kappa shape index (κ2) is 9.73. The number of rotatable bonds is 6. The molecule has 0 fully saturated rings. The van der Waals surface area contributed by atoms with Crippen LogP contribution in [0, 0.1) is 0 Å². The Labute approximate surface area is 209 Å². The summed E-state index contributed by atoms with van der Waals surface area (Å²) >= 11 is 0. The first-order chi connectivity index (χ1) is 17.5. The molecule has 1 N–H and O–H groups in total. The number of hydrogen-bond donors (Lipinski definition) is 1. The molecular formula is C28H27NO7. The molecule has 0 unspecified atom stereocenters. The van der Waals surface area contributed by atoms with Gasteiger partial charge in [-0.15, -0.1) is 0 Å². The van der Waals surface area contributed by atoms with Crippen molar-refractivity contribution in [3.63, 3.8) is 0 Å². The predicted octanol–water partition coefficient (Wildman–Crippen LogP) is 4.41. The van der Waals surface area contributed by atoms with Gasteiger partial charge in [0.25, 0.3) is 0 Å². The number of nitrogens with zero attached hydrogens (tertiary/aromatic N) is 1. The van der Waals surface area contributed by atoms with E-state index in [1.54, 1.807) is 57.7 Å². The maximum absolute atomic E-state index is 13.1. The number of methoxy groups -OCH3 is 3. The molecule has 36 heavy (non-hydrogen) atoms. The second-order valence-corrected chi connectivity index (χ2v) is 8.47. The van der Waals surface area contributed by atoms with Crippen LogP contribution in [0.4, 0.5) is 0 Å². The molecule has 8 heteroatoms. The Morgan fingerprint density at radius 1 is 1.00 bits per heavy atom. The van der Waals surface area contributed by atoms with Crippen molar-refractivity contribution in [1.82, 2.24) is 4.90 Å². The maximum atomic E-state index is 13.1. The highest BCUT2D eigenvalue weighted by Crippen LogP contribution is 2.50. The first kappa shape index (κ1) is 23.4. The lowest BCUT2D eigenvalue weighted by Crippen LogP contribution is -2.35. The molecule has 0 saturated carbocycles. The number of carbonyl (C=O) groups is 1. The molecule has 2 aliphatic heterocycles. The quantitative estimate of drug-likeness (QED) is 0.513. The molecule has 0 spiro atoms. The largest absolute Gasteiger partial charge is 0.508 e. The van der Waals surface area contributed by atoms with E-state index in [1.165, 1.54) is 0 Å². The van der Waals surface area contributed by atoms with E-state index in [0.717, 1.165) is 27.8 Å². The Balaban J connectivity index is 1.54. The summed E-state index contributed by atoms with van der Waals surface area (Å²) in [6.45, 7) is 1.13. The summed E-state index contributed by atoms with van der Waals surface area (Å²) in [4.78, 5) is 14.9. The summed E-state index contributed by atoms with van der Waals surface area (Å²) in [5, 5.41) is 9.47. The van der Waals surface area contributed by atoms with Crippen molar-refractivity contribution in [3.05, 3.63) is 65.2 Å². The van der Waals surface area contributed by atoms with E-state index in [2.05, 4.69) is 0 Å². The van der Waals surface area contributed by atoms with Crippen LogP contribution in [0.25, 0.3) is 17.2 Å². The minimum atomic E-state index is -0.0952. The second-order valence-electron chi connectivity index (χ2n) is 8.47. The number of benzene rings is 3. The first-order valence-corrected chi connectivity index (χ1v) is 11.5. The number of fused-ring (bicyclic) bond motifs is 2. The standard InChI is InChI=1S/C28H27NO7/c1-32-22-13-19(14-23(33-2)27(22)34-3)26-21-15-29(11-10-18(21)12-24-28(26)36-16-35-24)25(31)9-6-17-4-7-20(30)8-5-17/h4-9,12-14,30H,10-11,15-16H2,1-3H3/b9-6+. The number of carbonyl (C=O) groups excluding carboxylic acids is 1. The molecule has 0 bridgehead atoms. The first-order valence-electron chi connectivity index (χ1n) is 11.5. The van der Waals surface area contributed by atoms with Gasteiger partial charge in [-0.25, -0.2) is 0 Å². The number of ether oxygens (including phenoxy) is 5. The SMILES string of the molecule is COc1cc(-c2c3c(cc4c2OCO4)CCN(C(=O)/C=C/c2ccc(O)cc2)C3)cc(OC)c1OC. The van der Waals surface area contributed by atoms with Gasteiger partial charge in [-0.2, -0.15) is 0 Å². The smallest absolute Gasteiger partial charge is 0.246 e. The third-order valence-corrected chi connectivity index (χ3v) is 6.44. The van der Waals surface area contributed by atoms with Gasteiger partial charge in [0.1, 0.15) is 5.75 Å². The number of phenolic OH excluding ortho intramolecular Hbond substituents is 1. The van der Waals surface area contributed by atoms with Crippen LogP contribution in [0.5, 0.6) is 34.5 Å². The van der Waals surface area contributed by atoms with E-state index in [0.29, 0.717) is 48.3 Å². The summed E-state index contributed by atoms with van der Waals surface area (Å²) in [6, 6.07) is 12.5. The van der Waals surface area contributed by atoms with Crippen molar-refractivity contribution in [2.45, 2.75) is 13.0 Å². The van der Waals surface area contributed by atoms with Crippen molar-refractivity contribution in [3.8, 4) is 45.6 Å². The zero-order valence-corrected chi connectivity index (χ0v) is 20.4. The minimum absolute atomic E-state index is 0.0952. The molecule has 1 amide bonds. The average molecular weight is 490 g/mol. The fourth-order valence-electron chi connectivity index (χ4n) is 4.64. The fourth-order valence-corrected chi connectivity index (χ4v) is 4.64. The van der Waals surface area contributed by atoms with E-state index < -0.39 is 0 Å². The molecule has 3 aromatic rings. The third kappa shape index (κ3) is 4.26. The molecule has 8 nitrogen and oxygen atoms in total. The van der Waals surface area contributed by atoms with Crippen LogP contribution in [0.15, 0.2) is 48.5 Å². The Morgan fingerprint density at radius 3 is 2.39 bits per heavy atom. The van der Waals surface area contributed by atoms with Crippen LogP contribution in [0.2, 0.25) is 0 Å². The summed E-state index contributed by atoms with van der Waals surface area (Å²) in [5.74, 6) is 2.96. The van der Waals surface area contributed by atoms with E-state index in [4.69, 9.17) is 23.7 Å². The lowest BCUT2D eigenvalue weighted by Gasteiger charge is -2.30. The maximum Gasteiger partial charge on any atom is 0.246 e. The Kier molecular flexibility index (Phi) is 6.33. The average Bonchev–Trinajstić information content (AvgIpc) is 3.38. The monoisotopic (exact) mass is 489 g/mol. The van der Waals surface area contributed by atoms with Gasteiger partial charge in [0.05, 0.1) is 21.3 Å². The molecule has 0 atom stereocenters. The minimum Gasteiger partial charge on any atom is -0.508 e. The van der Waals surface area contributed by atoms with Gasteiger partial charge >= 0.3 is 0 Å². The van der Waals surface area contributed by atoms with Crippen LogP contribution in [0.3, 0.4) is 0 Å². The lowest BCUT2D eigenvalue weighted by molar-refractivity contribution is -0.126. The van der Waals surface area contributed by atoms with Crippen LogP contribution >= 0.6 is 0 Å². The third-order valence-electron chi connectivity index (χ3n) is 6.44. The van der Waals surface area contributed by atoms with Crippen molar-refractivity contribution in [1.29, 1.82) is 0 Å².